The number of aryl methyl sites for hydroxylation is 1. The first kappa shape index (κ1) is 18.4. The molecule has 1 aromatic heterocycles. The molecular formula is C17H15N5O4S. The summed E-state index contributed by atoms with van der Waals surface area (Å²) in [4.78, 5) is 10.2. The van der Waals surface area contributed by atoms with Gasteiger partial charge in [0.2, 0.25) is 5.16 Å². The molecule has 0 spiro atoms. The van der Waals surface area contributed by atoms with Crippen molar-refractivity contribution in [1.29, 1.82) is 0 Å². The number of rotatable bonds is 6. The van der Waals surface area contributed by atoms with Crippen molar-refractivity contribution < 1.29 is 15.1 Å². The summed E-state index contributed by atoms with van der Waals surface area (Å²) in [6.45, 7) is 1.72. The first-order valence-electron chi connectivity index (χ1n) is 7.79. The third-order valence-electron chi connectivity index (χ3n) is 3.61. The largest absolute Gasteiger partial charge is 0.507 e. The minimum absolute atomic E-state index is 0.0895. The van der Waals surface area contributed by atoms with E-state index in [0.29, 0.717) is 16.7 Å². The summed E-state index contributed by atoms with van der Waals surface area (Å²) in [6, 6.07) is 11.8. The van der Waals surface area contributed by atoms with E-state index in [1.807, 2.05) is 30.3 Å². The maximum absolute atomic E-state index is 10.9. The van der Waals surface area contributed by atoms with E-state index in [2.05, 4.69) is 15.3 Å². The number of nitro groups is 1. The fourth-order valence-corrected chi connectivity index (χ4v) is 3.12. The normalized spacial score (nSPS) is 11.1. The van der Waals surface area contributed by atoms with Gasteiger partial charge in [0, 0.05) is 23.4 Å². The van der Waals surface area contributed by atoms with Gasteiger partial charge in [0.05, 0.1) is 11.1 Å². The Morgan fingerprint density at radius 1 is 1.22 bits per heavy atom. The van der Waals surface area contributed by atoms with Gasteiger partial charge in [-0.3, -0.25) is 10.1 Å². The molecule has 0 fully saturated rings. The second-order valence-corrected chi connectivity index (χ2v) is 6.46. The number of nitro benzene ring substituents is 1. The molecule has 9 nitrogen and oxygen atoms in total. The third kappa shape index (κ3) is 4.23. The van der Waals surface area contributed by atoms with Gasteiger partial charge in [-0.25, -0.2) is 0 Å². The number of thioether (sulfide) groups is 1. The smallest absolute Gasteiger partial charge is 0.311 e. The van der Waals surface area contributed by atoms with Gasteiger partial charge >= 0.3 is 5.69 Å². The first-order valence-corrected chi connectivity index (χ1v) is 8.77. The van der Waals surface area contributed by atoms with Crippen LogP contribution in [0.4, 0.5) is 5.69 Å². The van der Waals surface area contributed by atoms with Crippen LogP contribution in [0.5, 0.6) is 11.5 Å². The van der Waals surface area contributed by atoms with Gasteiger partial charge in [0.1, 0.15) is 5.75 Å². The molecule has 0 amide bonds. The van der Waals surface area contributed by atoms with Crippen LogP contribution >= 0.6 is 11.8 Å². The van der Waals surface area contributed by atoms with E-state index in [1.54, 1.807) is 6.92 Å². The van der Waals surface area contributed by atoms with Crippen LogP contribution in [0.15, 0.2) is 52.7 Å². The van der Waals surface area contributed by atoms with E-state index in [4.69, 9.17) is 0 Å². The Morgan fingerprint density at radius 3 is 2.67 bits per heavy atom. The van der Waals surface area contributed by atoms with Crippen LogP contribution in [0.1, 0.15) is 17.0 Å². The van der Waals surface area contributed by atoms with Crippen molar-refractivity contribution in [2.75, 3.05) is 0 Å². The van der Waals surface area contributed by atoms with E-state index >= 15 is 0 Å². The highest BCUT2D eigenvalue weighted by Crippen LogP contribution is 2.32. The first-order chi connectivity index (χ1) is 13.0. The van der Waals surface area contributed by atoms with E-state index in [0.717, 1.165) is 17.7 Å². The van der Waals surface area contributed by atoms with Gasteiger partial charge in [-0.15, -0.1) is 10.2 Å². The zero-order valence-electron chi connectivity index (χ0n) is 14.2. The summed E-state index contributed by atoms with van der Waals surface area (Å²) in [5.41, 5.74) is 0.686. The van der Waals surface area contributed by atoms with Gasteiger partial charge in [-0.05, 0) is 12.5 Å². The molecule has 2 N–H and O–H groups in total. The lowest BCUT2D eigenvalue weighted by Gasteiger charge is -2.04. The molecule has 0 aliphatic rings. The molecule has 2 aromatic carbocycles. The molecule has 0 aliphatic heterocycles. The fourth-order valence-electron chi connectivity index (χ4n) is 2.23. The quantitative estimate of drug-likeness (QED) is 0.289. The van der Waals surface area contributed by atoms with Gasteiger partial charge in [0.25, 0.3) is 0 Å². The summed E-state index contributed by atoms with van der Waals surface area (Å²) in [5.74, 6) is 0.250. The van der Waals surface area contributed by atoms with Gasteiger partial charge in [-0.1, -0.05) is 42.1 Å². The van der Waals surface area contributed by atoms with E-state index in [-0.39, 0.29) is 11.3 Å². The van der Waals surface area contributed by atoms with E-state index in [9.17, 15) is 20.3 Å². The summed E-state index contributed by atoms with van der Waals surface area (Å²) in [5, 5.41) is 43.2. The lowest BCUT2D eigenvalue weighted by molar-refractivity contribution is -0.385. The Kier molecular flexibility index (Phi) is 5.36. The highest BCUT2D eigenvalue weighted by molar-refractivity contribution is 7.98. The fraction of sp³-hybridized carbons (Fsp3) is 0.118. The number of phenols is 2. The molecule has 138 valence electrons. The van der Waals surface area contributed by atoms with Crippen LogP contribution in [0.3, 0.4) is 0 Å². The van der Waals surface area contributed by atoms with Crippen LogP contribution in [-0.2, 0) is 5.75 Å². The Balaban J connectivity index is 1.85. The molecule has 0 saturated carbocycles. The summed E-state index contributed by atoms with van der Waals surface area (Å²) in [7, 11) is 0. The van der Waals surface area contributed by atoms with Crippen molar-refractivity contribution >= 4 is 23.7 Å². The Morgan fingerprint density at radius 2 is 1.96 bits per heavy atom. The number of benzene rings is 2. The van der Waals surface area contributed by atoms with Crippen molar-refractivity contribution in [1.82, 2.24) is 14.9 Å². The molecule has 0 bridgehead atoms. The minimum atomic E-state index is -0.739. The third-order valence-corrected chi connectivity index (χ3v) is 4.60. The highest BCUT2D eigenvalue weighted by atomic mass is 32.2. The zero-order valence-corrected chi connectivity index (χ0v) is 15.0. The molecular weight excluding hydrogens is 370 g/mol. The molecule has 10 heteroatoms. The number of nitrogens with zero attached hydrogens (tertiary/aromatic N) is 5. The van der Waals surface area contributed by atoms with Crippen LogP contribution in [0.25, 0.3) is 0 Å². The predicted molar refractivity (Wildman–Crippen MR) is 100 cm³/mol. The maximum Gasteiger partial charge on any atom is 0.311 e. The summed E-state index contributed by atoms with van der Waals surface area (Å²) in [6.07, 6.45) is 1.25. The van der Waals surface area contributed by atoms with Gasteiger partial charge < -0.3 is 10.2 Å². The summed E-state index contributed by atoms with van der Waals surface area (Å²) < 4.78 is 1.48. The molecule has 27 heavy (non-hydrogen) atoms. The monoisotopic (exact) mass is 385 g/mol. The number of hydrogen-bond donors (Lipinski definition) is 2. The highest BCUT2D eigenvalue weighted by Gasteiger charge is 2.17. The van der Waals surface area contributed by atoms with Crippen LogP contribution in [-0.4, -0.2) is 36.2 Å². The summed E-state index contributed by atoms with van der Waals surface area (Å²) >= 11 is 1.44. The molecule has 3 rings (SSSR count). The lowest BCUT2D eigenvalue weighted by Crippen LogP contribution is -1.97. The average Bonchev–Trinajstić information content (AvgIpc) is 2.99. The Bertz CT molecular complexity index is 1000. The number of phenolic OH excluding ortho intramolecular Hbond substituents is 2. The van der Waals surface area contributed by atoms with Crippen LogP contribution in [0.2, 0.25) is 0 Å². The standard InChI is InChI=1S/C17H15N5O4S/c1-11-19-20-17(27-10-12-5-3-2-4-6-12)21(11)18-9-13-7-14(22(25)26)16(24)8-15(13)23/h2-9,23-24H,10H2,1H3/b18-9-. The average molecular weight is 385 g/mol. The van der Waals surface area contributed by atoms with Crippen LogP contribution in [0, 0.1) is 17.0 Å². The van der Waals surface area contributed by atoms with Crippen LogP contribution < -0.4 is 0 Å². The van der Waals surface area contributed by atoms with Crippen molar-refractivity contribution in [3.8, 4) is 11.5 Å². The number of hydrogen-bond acceptors (Lipinski definition) is 8. The van der Waals surface area contributed by atoms with Crippen molar-refractivity contribution in [2.24, 2.45) is 5.10 Å². The molecule has 0 aliphatic carbocycles. The second kappa shape index (κ2) is 7.87. The molecule has 0 radical (unpaired) electrons. The Hall–Kier alpha value is -3.40. The molecule has 1 heterocycles. The second-order valence-electron chi connectivity index (χ2n) is 5.52. The number of aromatic hydroxyl groups is 2. The van der Waals surface area contributed by atoms with Crippen molar-refractivity contribution in [2.45, 2.75) is 17.8 Å². The van der Waals surface area contributed by atoms with Gasteiger partial charge in [-0.2, -0.15) is 9.78 Å². The topological polar surface area (TPSA) is 127 Å². The molecule has 0 atom stereocenters. The molecule has 0 unspecified atom stereocenters. The maximum atomic E-state index is 10.9. The molecule has 3 aromatic rings. The van der Waals surface area contributed by atoms with Crippen molar-refractivity contribution in [3.63, 3.8) is 0 Å². The lowest BCUT2D eigenvalue weighted by atomic mass is 10.2. The SMILES string of the molecule is Cc1nnc(SCc2ccccc2)n1/N=C\c1cc([N+](=O)[O-])c(O)cc1O. The Labute approximate surface area is 158 Å². The van der Waals surface area contributed by atoms with E-state index < -0.39 is 16.4 Å². The van der Waals surface area contributed by atoms with Crippen molar-refractivity contribution in [3.05, 3.63) is 69.5 Å². The molecule has 0 saturated heterocycles. The predicted octanol–water partition coefficient (Wildman–Crippen LogP) is 3.08. The minimum Gasteiger partial charge on any atom is -0.507 e. The number of aromatic nitrogens is 3. The van der Waals surface area contributed by atoms with Gasteiger partial charge in [0.15, 0.2) is 11.6 Å². The van der Waals surface area contributed by atoms with E-state index in [1.165, 1.54) is 22.7 Å². The zero-order chi connectivity index (χ0) is 19.4.